The van der Waals surface area contributed by atoms with Gasteiger partial charge in [-0.25, -0.2) is 9.97 Å². The highest BCUT2D eigenvalue weighted by molar-refractivity contribution is 6.28. The number of anilines is 1. The average Bonchev–Trinajstić information content (AvgIpc) is 2.68. The van der Waals surface area contributed by atoms with Crippen LogP contribution in [0, 0.1) is 0 Å². The summed E-state index contributed by atoms with van der Waals surface area (Å²) in [5, 5.41) is 3.17. The van der Waals surface area contributed by atoms with E-state index in [2.05, 4.69) is 44.5 Å². The van der Waals surface area contributed by atoms with Gasteiger partial charge in [-0.1, -0.05) is 24.3 Å². The Morgan fingerprint density at radius 3 is 2.58 bits per heavy atom. The summed E-state index contributed by atoms with van der Waals surface area (Å²) in [5.74, 6) is 1.40. The smallest absolute Gasteiger partial charge is 0.227 e. The number of carbonyl (C=O) groups is 1. The van der Waals surface area contributed by atoms with E-state index in [-0.39, 0.29) is 11.8 Å². The van der Waals surface area contributed by atoms with Crippen LogP contribution >= 0.6 is 11.6 Å². The van der Waals surface area contributed by atoms with Gasteiger partial charge < -0.3 is 10.2 Å². The second-order valence-corrected chi connectivity index (χ2v) is 7.07. The molecule has 1 aliphatic rings. The lowest BCUT2D eigenvalue weighted by Gasteiger charge is -2.33. The van der Waals surface area contributed by atoms with Crippen LogP contribution in [0.25, 0.3) is 0 Å². The summed E-state index contributed by atoms with van der Waals surface area (Å²) in [6.45, 7) is 6.46. The molecule has 3 rings (SSSR count). The van der Waals surface area contributed by atoms with Gasteiger partial charge in [0.25, 0.3) is 0 Å². The highest BCUT2D eigenvalue weighted by Gasteiger charge is 2.22. The zero-order chi connectivity index (χ0) is 18.5. The number of nitrogens with zero attached hydrogens (tertiary/aromatic N) is 3. The van der Waals surface area contributed by atoms with Gasteiger partial charge in [-0.3, -0.25) is 4.79 Å². The summed E-state index contributed by atoms with van der Waals surface area (Å²) in [5.41, 5.74) is 2.41. The minimum atomic E-state index is -0.117. The predicted molar refractivity (Wildman–Crippen MR) is 105 cm³/mol. The first-order chi connectivity index (χ1) is 12.6. The fraction of sp³-hybridized carbons (Fsp3) is 0.450. The SMILES string of the molecule is CCNC(=O)C(C)c1ccc(C2CCN(c3ccnc(Cl)n3)CC2)cc1. The Morgan fingerprint density at radius 1 is 1.27 bits per heavy atom. The van der Waals surface area contributed by atoms with Gasteiger partial charge in [0.2, 0.25) is 11.2 Å². The maximum absolute atomic E-state index is 12.0. The molecule has 1 aliphatic heterocycles. The van der Waals surface area contributed by atoms with Gasteiger partial charge >= 0.3 is 0 Å². The molecule has 26 heavy (non-hydrogen) atoms. The molecule has 1 aromatic carbocycles. The van der Waals surface area contributed by atoms with Crippen molar-refractivity contribution in [3.8, 4) is 0 Å². The molecule has 0 spiro atoms. The van der Waals surface area contributed by atoms with Gasteiger partial charge in [-0.15, -0.1) is 0 Å². The van der Waals surface area contributed by atoms with Crippen LogP contribution < -0.4 is 10.2 Å². The van der Waals surface area contributed by atoms with Crippen molar-refractivity contribution >= 4 is 23.3 Å². The van der Waals surface area contributed by atoms with E-state index in [1.807, 2.05) is 19.9 Å². The summed E-state index contributed by atoms with van der Waals surface area (Å²) in [4.78, 5) is 22.5. The normalized spacial score (nSPS) is 16.3. The van der Waals surface area contributed by atoms with Crippen LogP contribution in [-0.4, -0.2) is 35.5 Å². The van der Waals surface area contributed by atoms with Crippen LogP contribution in [0.2, 0.25) is 5.28 Å². The van der Waals surface area contributed by atoms with Crippen molar-refractivity contribution in [1.29, 1.82) is 0 Å². The Hall–Kier alpha value is -2.14. The van der Waals surface area contributed by atoms with Crippen LogP contribution in [0.15, 0.2) is 36.5 Å². The van der Waals surface area contributed by atoms with E-state index >= 15 is 0 Å². The van der Waals surface area contributed by atoms with E-state index in [1.165, 1.54) is 5.56 Å². The molecule has 6 heteroatoms. The van der Waals surface area contributed by atoms with E-state index in [0.29, 0.717) is 17.7 Å². The Bertz CT molecular complexity index is 742. The van der Waals surface area contributed by atoms with Crippen LogP contribution in [0.3, 0.4) is 0 Å². The Morgan fingerprint density at radius 2 is 1.96 bits per heavy atom. The third-order valence-electron chi connectivity index (χ3n) is 5.08. The number of carbonyl (C=O) groups excluding carboxylic acids is 1. The van der Waals surface area contributed by atoms with Gasteiger partial charge in [0.1, 0.15) is 5.82 Å². The minimum absolute atomic E-state index is 0.0806. The van der Waals surface area contributed by atoms with Crippen molar-refractivity contribution in [3.05, 3.63) is 52.9 Å². The van der Waals surface area contributed by atoms with Gasteiger partial charge in [0.05, 0.1) is 5.92 Å². The van der Waals surface area contributed by atoms with Crippen LogP contribution in [0.4, 0.5) is 5.82 Å². The number of halogens is 1. The molecule has 2 heterocycles. The Kier molecular flexibility index (Phi) is 6.09. The summed E-state index contributed by atoms with van der Waals surface area (Å²) in [6, 6.07) is 10.4. The van der Waals surface area contributed by atoms with Crippen LogP contribution in [-0.2, 0) is 4.79 Å². The number of likely N-dealkylation sites (N-methyl/N-ethyl adjacent to an activating group) is 1. The number of nitrogens with one attached hydrogen (secondary N) is 1. The van der Waals surface area contributed by atoms with Crippen LogP contribution in [0.1, 0.15) is 49.7 Å². The van der Waals surface area contributed by atoms with E-state index in [9.17, 15) is 4.79 Å². The molecule has 1 amide bonds. The third-order valence-corrected chi connectivity index (χ3v) is 5.26. The van der Waals surface area contributed by atoms with Crippen molar-refractivity contribution in [3.63, 3.8) is 0 Å². The monoisotopic (exact) mass is 372 g/mol. The quantitative estimate of drug-likeness (QED) is 0.812. The summed E-state index contributed by atoms with van der Waals surface area (Å²) < 4.78 is 0. The summed E-state index contributed by atoms with van der Waals surface area (Å²) >= 11 is 5.89. The summed E-state index contributed by atoms with van der Waals surface area (Å²) in [6.07, 6.45) is 3.85. The molecule has 2 aromatic rings. The molecule has 0 aliphatic carbocycles. The molecule has 1 atom stereocenters. The molecular weight excluding hydrogens is 348 g/mol. The molecule has 1 unspecified atom stereocenters. The zero-order valence-corrected chi connectivity index (χ0v) is 16.0. The minimum Gasteiger partial charge on any atom is -0.356 e. The lowest BCUT2D eigenvalue weighted by Crippen LogP contribution is -2.33. The molecule has 1 saturated heterocycles. The molecule has 1 N–H and O–H groups in total. The number of benzene rings is 1. The second kappa shape index (κ2) is 8.49. The number of piperidine rings is 1. The Labute approximate surface area is 159 Å². The van der Waals surface area contributed by atoms with Crippen molar-refractivity contribution < 1.29 is 4.79 Å². The fourth-order valence-corrected chi connectivity index (χ4v) is 3.62. The topological polar surface area (TPSA) is 58.1 Å². The van der Waals surface area contributed by atoms with Gasteiger partial charge in [0, 0.05) is 25.8 Å². The molecule has 5 nitrogen and oxygen atoms in total. The van der Waals surface area contributed by atoms with Crippen molar-refractivity contribution in [2.45, 2.75) is 38.5 Å². The molecule has 1 aromatic heterocycles. The lowest BCUT2D eigenvalue weighted by molar-refractivity contribution is -0.122. The number of aromatic nitrogens is 2. The first kappa shape index (κ1) is 18.6. The highest BCUT2D eigenvalue weighted by atomic mass is 35.5. The standard InChI is InChI=1S/C20H25ClN4O/c1-3-22-19(26)14(2)15-4-6-16(7-5-15)17-9-12-25(13-10-17)18-8-11-23-20(21)24-18/h4-8,11,14,17H,3,9-10,12-13H2,1-2H3,(H,22,26). The first-order valence-corrected chi connectivity index (χ1v) is 9.57. The van der Waals surface area contributed by atoms with Crippen molar-refractivity contribution in [2.75, 3.05) is 24.5 Å². The van der Waals surface area contributed by atoms with E-state index in [0.717, 1.165) is 37.3 Å². The lowest BCUT2D eigenvalue weighted by atomic mass is 9.88. The van der Waals surface area contributed by atoms with Crippen molar-refractivity contribution in [2.24, 2.45) is 0 Å². The molecule has 0 radical (unpaired) electrons. The number of rotatable bonds is 5. The predicted octanol–water partition coefficient (Wildman–Crippen LogP) is 3.75. The van der Waals surface area contributed by atoms with E-state index < -0.39 is 0 Å². The molecule has 0 bridgehead atoms. The molecule has 1 fully saturated rings. The highest BCUT2D eigenvalue weighted by Crippen LogP contribution is 2.31. The number of amides is 1. The van der Waals surface area contributed by atoms with Crippen molar-refractivity contribution in [1.82, 2.24) is 15.3 Å². The van der Waals surface area contributed by atoms with Gasteiger partial charge in [-0.05, 0) is 61.4 Å². The maximum Gasteiger partial charge on any atom is 0.227 e. The number of hydrogen-bond donors (Lipinski definition) is 1. The average molecular weight is 373 g/mol. The molecular formula is C20H25ClN4O. The third kappa shape index (κ3) is 4.33. The first-order valence-electron chi connectivity index (χ1n) is 9.19. The fourth-order valence-electron chi connectivity index (χ4n) is 3.48. The van der Waals surface area contributed by atoms with Crippen LogP contribution in [0.5, 0.6) is 0 Å². The van der Waals surface area contributed by atoms with Gasteiger partial charge in [0.15, 0.2) is 0 Å². The largest absolute Gasteiger partial charge is 0.356 e. The molecule has 0 saturated carbocycles. The summed E-state index contributed by atoms with van der Waals surface area (Å²) in [7, 11) is 0. The van der Waals surface area contributed by atoms with E-state index in [4.69, 9.17) is 11.6 Å². The Balaban J connectivity index is 1.60. The second-order valence-electron chi connectivity index (χ2n) is 6.73. The number of hydrogen-bond acceptors (Lipinski definition) is 4. The van der Waals surface area contributed by atoms with E-state index in [1.54, 1.807) is 6.20 Å². The zero-order valence-electron chi connectivity index (χ0n) is 15.3. The molecule has 138 valence electrons. The van der Waals surface area contributed by atoms with Gasteiger partial charge in [-0.2, -0.15) is 0 Å². The maximum atomic E-state index is 12.0.